The van der Waals surface area contributed by atoms with Crippen LogP contribution in [0.25, 0.3) is 32.0 Å². The lowest BCUT2D eigenvalue weighted by Crippen LogP contribution is -2.04. The monoisotopic (exact) mass is 658 g/mol. The minimum absolute atomic E-state index is 0.728. The number of hydrogen-bond acceptors (Lipinski definition) is 6. The van der Waals surface area contributed by atoms with Crippen molar-refractivity contribution in [2.75, 3.05) is 26.4 Å². The van der Waals surface area contributed by atoms with Crippen LogP contribution in [0.2, 0.25) is 0 Å². The van der Waals surface area contributed by atoms with E-state index in [1.807, 2.05) is 0 Å². The van der Waals surface area contributed by atoms with Crippen molar-refractivity contribution in [2.24, 2.45) is 0 Å². The van der Waals surface area contributed by atoms with E-state index in [2.05, 4.69) is 59.3 Å². The Balaban J connectivity index is 1.45. The van der Waals surface area contributed by atoms with Gasteiger partial charge in [0.2, 0.25) is 0 Å². The molecule has 2 aliphatic heterocycles. The Kier molecular flexibility index (Phi) is 12.8. The normalized spacial score (nSPS) is 17.8. The molecule has 4 heterocycles. The van der Waals surface area contributed by atoms with Crippen LogP contribution in [0.4, 0.5) is 0 Å². The minimum atomic E-state index is 0.728. The van der Waals surface area contributed by atoms with Crippen molar-refractivity contribution < 1.29 is 18.9 Å². The standard InChI is InChI=1S/C40H50O4S2/c1-2-6-10-14-26-42-34-20-18-22-36-38(34)32-24-30-46-40(32)39-31(23-29-45-39)37-33(41-25-13-9-5-1)19-17-21-35(37)43-27-15-11-7-3-4-8-12-16-28-44-36/h17-24,29-30H,1-16,25-28H2. The molecule has 6 rings (SSSR count). The fourth-order valence-corrected chi connectivity index (χ4v) is 8.65. The molecular formula is C40H50O4S2. The Labute approximate surface area is 284 Å². The van der Waals surface area contributed by atoms with Crippen LogP contribution in [0.15, 0.2) is 59.3 Å². The molecule has 0 fully saturated rings. The van der Waals surface area contributed by atoms with Crippen molar-refractivity contribution in [3.63, 3.8) is 0 Å². The molecule has 2 bridgehead atoms. The lowest BCUT2D eigenvalue weighted by Gasteiger charge is -2.19. The summed E-state index contributed by atoms with van der Waals surface area (Å²) in [7, 11) is 0. The SMILES string of the molecule is c1cc2c3c(c1)OCCCCCCCCCCOc1cccc(c1-c1ccsc1-c1sccc1-3)OCCCCCCCCCCO2. The zero-order valence-electron chi connectivity index (χ0n) is 27.4. The third-order valence-corrected chi connectivity index (χ3v) is 11.2. The summed E-state index contributed by atoms with van der Waals surface area (Å²) < 4.78 is 26.3. The minimum Gasteiger partial charge on any atom is -0.493 e. The van der Waals surface area contributed by atoms with Crippen molar-refractivity contribution in [2.45, 2.75) is 103 Å². The van der Waals surface area contributed by atoms with Gasteiger partial charge in [-0.15, -0.1) is 22.7 Å². The fourth-order valence-electron chi connectivity index (χ4n) is 6.66. The lowest BCUT2D eigenvalue weighted by molar-refractivity contribution is 0.289. The molecule has 2 aromatic carbocycles. The third kappa shape index (κ3) is 8.68. The van der Waals surface area contributed by atoms with E-state index in [-0.39, 0.29) is 0 Å². The van der Waals surface area contributed by atoms with Gasteiger partial charge in [-0.25, -0.2) is 0 Å². The molecular weight excluding hydrogens is 609 g/mol. The molecule has 0 aliphatic carbocycles. The second kappa shape index (κ2) is 17.8. The van der Waals surface area contributed by atoms with Crippen LogP contribution in [0.5, 0.6) is 23.0 Å². The number of ether oxygens (including phenoxy) is 4. The summed E-state index contributed by atoms with van der Waals surface area (Å²) in [6.07, 6.45) is 19.3. The Bertz CT molecular complexity index is 1310. The molecule has 0 radical (unpaired) electrons. The van der Waals surface area contributed by atoms with Crippen molar-refractivity contribution in [1.82, 2.24) is 0 Å². The van der Waals surface area contributed by atoms with Gasteiger partial charge in [-0.2, -0.15) is 0 Å². The van der Waals surface area contributed by atoms with Gasteiger partial charge in [0, 0.05) is 11.1 Å². The first kappa shape index (κ1) is 33.0. The largest absolute Gasteiger partial charge is 0.493 e. The number of hydrogen-bond donors (Lipinski definition) is 0. The van der Waals surface area contributed by atoms with Crippen LogP contribution >= 0.6 is 22.7 Å². The molecule has 0 amide bonds. The summed E-state index contributed by atoms with van der Waals surface area (Å²) >= 11 is 3.57. The van der Waals surface area contributed by atoms with Gasteiger partial charge < -0.3 is 18.9 Å². The van der Waals surface area contributed by atoms with Crippen LogP contribution < -0.4 is 18.9 Å². The van der Waals surface area contributed by atoms with Crippen LogP contribution in [0.1, 0.15) is 103 Å². The summed E-state index contributed by atoms with van der Waals surface area (Å²) in [5.41, 5.74) is 4.48. The molecule has 0 saturated heterocycles. The van der Waals surface area contributed by atoms with Gasteiger partial charge >= 0.3 is 0 Å². The molecule has 0 N–H and O–H groups in total. The molecule has 0 saturated carbocycles. The third-order valence-electron chi connectivity index (χ3n) is 9.16. The summed E-state index contributed by atoms with van der Waals surface area (Å²) in [4.78, 5) is 2.46. The number of benzene rings is 2. The highest BCUT2D eigenvalue weighted by Gasteiger charge is 2.24. The van der Waals surface area contributed by atoms with Crippen LogP contribution in [-0.2, 0) is 0 Å². The first-order valence-electron chi connectivity index (χ1n) is 17.8. The highest BCUT2D eigenvalue weighted by atomic mass is 32.1. The number of rotatable bonds is 0. The van der Waals surface area contributed by atoms with Gasteiger partial charge in [0.1, 0.15) is 23.0 Å². The van der Waals surface area contributed by atoms with Crippen molar-refractivity contribution in [1.29, 1.82) is 0 Å². The van der Waals surface area contributed by atoms with Gasteiger partial charge in [0.05, 0.1) is 47.3 Å². The van der Waals surface area contributed by atoms with Crippen molar-refractivity contribution >= 4 is 22.7 Å². The molecule has 0 atom stereocenters. The average molecular weight is 659 g/mol. The molecule has 4 nitrogen and oxygen atoms in total. The zero-order valence-corrected chi connectivity index (χ0v) is 29.0. The van der Waals surface area contributed by atoms with Gasteiger partial charge in [0.15, 0.2) is 0 Å². The van der Waals surface area contributed by atoms with Crippen LogP contribution in [0.3, 0.4) is 0 Å². The summed E-state index contributed by atoms with van der Waals surface area (Å²) in [6, 6.07) is 17.2. The van der Waals surface area contributed by atoms with E-state index >= 15 is 0 Å². The first-order chi connectivity index (χ1) is 22.9. The van der Waals surface area contributed by atoms with Crippen LogP contribution in [-0.4, -0.2) is 26.4 Å². The van der Waals surface area contributed by atoms with Crippen LogP contribution in [0, 0.1) is 0 Å². The summed E-state index contributed by atoms with van der Waals surface area (Å²) in [5, 5.41) is 4.42. The molecule has 46 heavy (non-hydrogen) atoms. The molecule has 2 aromatic heterocycles. The van der Waals surface area contributed by atoms with Gasteiger partial charge in [-0.05, 0) is 72.8 Å². The molecule has 4 aromatic rings. The Morgan fingerprint density at radius 2 is 0.630 bits per heavy atom. The highest BCUT2D eigenvalue weighted by molar-refractivity contribution is 7.21. The molecule has 0 unspecified atom stereocenters. The quantitative estimate of drug-likeness (QED) is 0.188. The zero-order chi connectivity index (χ0) is 31.2. The molecule has 246 valence electrons. The smallest absolute Gasteiger partial charge is 0.130 e. The maximum atomic E-state index is 6.58. The van der Waals surface area contributed by atoms with E-state index in [0.29, 0.717) is 0 Å². The van der Waals surface area contributed by atoms with E-state index in [4.69, 9.17) is 18.9 Å². The highest BCUT2D eigenvalue weighted by Crippen LogP contribution is 2.52. The molecule has 0 spiro atoms. The van der Waals surface area contributed by atoms with E-state index in [9.17, 15) is 0 Å². The predicted octanol–water partition coefficient (Wildman–Crippen LogP) is 12.6. The summed E-state index contributed by atoms with van der Waals surface area (Å²) in [6.45, 7) is 2.91. The van der Waals surface area contributed by atoms with E-state index < -0.39 is 0 Å². The topological polar surface area (TPSA) is 36.9 Å². The maximum Gasteiger partial charge on any atom is 0.130 e. The van der Waals surface area contributed by atoms with E-state index in [1.165, 1.54) is 97.9 Å². The van der Waals surface area contributed by atoms with E-state index in [1.54, 1.807) is 22.7 Å². The molecule has 6 heteroatoms. The fraction of sp³-hybridized carbons (Fsp3) is 0.500. The van der Waals surface area contributed by atoms with E-state index in [0.717, 1.165) is 86.2 Å². The predicted molar refractivity (Wildman–Crippen MR) is 194 cm³/mol. The summed E-state index contributed by atoms with van der Waals surface area (Å²) in [5.74, 6) is 3.67. The van der Waals surface area contributed by atoms with Gasteiger partial charge in [-0.3, -0.25) is 0 Å². The Morgan fingerprint density at radius 3 is 0.935 bits per heavy atom. The first-order valence-corrected chi connectivity index (χ1v) is 19.6. The van der Waals surface area contributed by atoms with Crippen molar-refractivity contribution in [3.05, 3.63) is 59.3 Å². The maximum absolute atomic E-state index is 6.58. The Hall–Kier alpha value is -2.96. The molecule has 2 aliphatic rings. The van der Waals surface area contributed by atoms with Gasteiger partial charge in [-0.1, -0.05) is 89.2 Å². The second-order valence-electron chi connectivity index (χ2n) is 12.6. The Morgan fingerprint density at radius 1 is 0.348 bits per heavy atom. The average Bonchev–Trinajstić information content (AvgIpc) is 3.75. The second-order valence-corrected chi connectivity index (χ2v) is 14.5. The van der Waals surface area contributed by atoms with Gasteiger partial charge in [0.25, 0.3) is 0 Å². The number of thiophene rings is 2. The van der Waals surface area contributed by atoms with Crippen molar-refractivity contribution in [3.8, 4) is 55.0 Å². The lowest BCUT2D eigenvalue weighted by atomic mass is 9.99.